The lowest BCUT2D eigenvalue weighted by Crippen LogP contribution is -2.68. The number of benzene rings is 5. The van der Waals surface area contributed by atoms with Crippen LogP contribution in [0.4, 0.5) is 0 Å². The van der Waals surface area contributed by atoms with Crippen LogP contribution in [0.5, 0.6) is 11.5 Å². The summed E-state index contributed by atoms with van der Waals surface area (Å²) in [4.78, 5) is 0. The topological polar surface area (TPSA) is 27.7 Å². The molecular formula is C40H46O3Si2. The Morgan fingerprint density at radius 3 is 1.09 bits per heavy atom. The molecule has 0 saturated heterocycles. The number of hydrogen-bond acceptors (Lipinski definition) is 3. The lowest BCUT2D eigenvalue weighted by Gasteiger charge is -2.43. The molecule has 0 N–H and O–H groups in total. The second kappa shape index (κ2) is 13.6. The third-order valence-corrected chi connectivity index (χ3v) is 18.6. The van der Waals surface area contributed by atoms with Gasteiger partial charge >= 0.3 is 8.32 Å². The van der Waals surface area contributed by atoms with Crippen molar-refractivity contribution >= 4 is 37.4 Å². The smallest absolute Gasteiger partial charge is 0.319 e. The van der Waals surface area contributed by atoms with Gasteiger partial charge in [0.25, 0.3) is 8.32 Å². The van der Waals surface area contributed by atoms with E-state index in [9.17, 15) is 0 Å². The van der Waals surface area contributed by atoms with E-state index >= 15 is 0 Å². The normalized spacial score (nSPS) is 12.5. The molecule has 0 aliphatic carbocycles. The molecule has 5 aromatic carbocycles. The summed E-state index contributed by atoms with van der Waals surface area (Å²) in [6, 6.07) is 51.0. The van der Waals surface area contributed by atoms with Crippen molar-refractivity contribution in [3.63, 3.8) is 0 Å². The van der Waals surface area contributed by atoms with Gasteiger partial charge in [0.15, 0.2) is 0 Å². The fraction of sp³-hybridized carbons (Fsp3) is 0.250. The van der Waals surface area contributed by atoms with Crippen molar-refractivity contribution in [1.29, 1.82) is 0 Å². The maximum Gasteiger partial charge on any atom is 0.319 e. The van der Waals surface area contributed by atoms with Crippen molar-refractivity contribution in [2.75, 3.05) is 13.2 Å². The number of rotatable bonds is 11. The van der Waals surface area contributed by atoms with Gasteiger partial charge in [0.05, 0.1) is 6.61 Å². The first-order chi connectivity index (χ1) is 21.6. The van der Waals surface area contributed by atoms with Crippen LogP contribution in [0.3, 0.4) is 0 Å². The van der Waals surface area contributed by atoms with Gasteiger partial charge in [-0.2, -0.15) is 0 Å². The van der Waals surface area contributed by atoms with Crippen LogP contribution in [0.1, 0.15) is 41.5 Å². The maximum atomic E-state index is 7.16. The van der Waals surface area contributed by atoms with Crippen LogP contribution >= 0.6 is 0 Å². The van der Waals surface area contributed by atoms with E-state index in [-0.39, 0.29) is 10.1 Å². The summed E-state index contributed by atoms with van der Waals surface area (Å²) in [5, 5.41) is 4.87. The summed E-state index contributed by atoms with van der Waals surface area (Å²) >= 11 is 0. The fourth-order valence-corrected chi connectivity index (χ4v) is 15.5. The highest BCUT2D eigenvalue weighted by Gasteiger charge is 2.52. The summed E-state index contributed by atoms with van der Waals surface area (Å²) in [6.07, 6.45) is 0. The largest absolute Gasteiger partial charge is 0.534 e. The second-order valence-electron chi connectivity index (χ2n) is 13.6. The van der Waals surface area contributed by atoms with Crippen LogP contribution in [-0.4, -0.2) is 29.8 Å². The lowest BCUT2D eigenvalue weighted by atomic mass is 10.2. The molecule has 0 fully saturated rings. The molecule has 0 spiro atoms. The van der Waals surface area contributed by atoms with Crippen molar-refractivity contribution in [2.24, 2.45) is 0 Å². The molecular weight excluding hydrogens is 585 g/mol. The molecule has 3 nitrogen and oxygen atoms in total. The van der Waals surface area contributed by atoms with Crippen LogP contribution in [0.2, 0.25) is 10.1 Å². The minimum atomic E-state index is -2.70. The molecule has 0 aliphatic rings. The molecule has 0 amide bonds. The van der Waals surface area contributed by atoms with Crippen LogP contribution < -0.4 is 29.9 Å². The second-order valence-corrected chi connectivity index (χ2v) is 22.1. The molecule has 5 aromatic rings. The summed E-state index contributed by atoms with van der Waals surface area (Å²) in [5.74, 6) is 1.65. The minimum Gasteiger partial charge on any atom is -0.534 e. The lowest BCUT2D eigenvalue weighted by molar-refractivity contribution is 0.208. The molecule has 0 saturated carbocycles. The van der Waals surface area contributed by atoms with Crippen LogP contribution in [0.25, 0.3) is 0 Å². The Hall–Kier alpha value is -3.91. The van der Waals surface area contributed by atoms with E-state index in [1.807, 2.05) is 24.3 Å². The Kier molecular flexibility index (Phi) is 9.83. The Bertz CT molecular complexity index is 1530. The van der Waals surface area contributed by atoms with Crippen LogP contribution in [0, 0.1) is 0 Å². The van der Waals surface area contributed by atoms with Gasteiger partial charge in [-0.15, -0.1) is 0 Å². The predicted molar refractivity (Wildman–Crippen MR) is 194 cm³/mol. The molecule has 0 radical (unpaired) electrons. The third-order valence-electron chi connectivity index (χ3n) is 8.60. The molecule has 5 rings (SSSR count). The van der Waals surface area contributed by atoms with Gasteiger partial charge in [-0.25, -0.2) is 0 Å². The van der Waals surface area contributed by atoms with E-state index < -0.39 is 16.6 Å². The standard InChI is InChI=1S/C40H46O3Si2/c1-39(2,3)44(35-19-11-7-12-20-35,36-21-13-8-14-22-36)42-32-31-41-33-27-29-34(30-28-33)43-45(40(4,5)6,37-23-15-9-16-24-37)38-25-17-10-18-26-38/h7-30H,31-32H2,1-6H3. The van der Waals surface area contributed by atoms with Crippen molar-refractivity contribution in [2.45, 2.75) is 51.6 Å². The summed E-state index contributed by atoms with van der Waals surface area (Å²) in [5.41, 5.74) is 0. The Morgan fingerprint density at radius 1 is 0.400 bits per heavy atom. The number of hydrogen-bond donors (Lipinski definition) is 0. The first-order valence-corrected chi connectivity index (χ1v) is 19.7. The summed E-state index contributed by atoms with van der Waals surface area (Å²) in [7, 11) is -5.30. The number of ether oxygens (including phenoxy) is 1. The zero-order valence-electron chi connectivity index (χ0n) is 27.5. The first kappa shape index (κ1) is 32.5. The average molecular weight is 631 g/mol. The Balaban J connectivity index is 1.35. The van der Waals surface area contributed by atoms with E-state index in [2.05, 4.69) is 163 Å². The van der Waals surface area contributed by atoms with Crippen LogP contribution in [-0.2, 0) is 4.43 Å². The van der Waals surface area contributed by atoms with Gasteiger partial charge in [-0.1, -0.05) is 163 Å². The van der Waals surface area contributed by atoms with E-state index in [1.165, 1.54) is 20.7 Å². The third kappa shape index (κ3) is 6.71. The highest BCUT2D eigenvalue weighted by molar-refractivity contribution is 7.00. The molecule has 0 unspecified atom stereocenters. The maximum absolute atomic E-state index is 7.16. The van der Waals surface area contributed by atoms with Gasteiger partial charge in [-0.3, -0.25) is 0 Å². The molecule has 5 heteroatoms. The highest BCUT2D eigenvalue weighted by atomic mass is 28.4. The quantitative estimate of drug-likeness (QED) is 0.111. The first-order valence-electron chi connectivity index (χ1n) is 15.9. The van der Waals surface area contributed by atoms with E-state index in [0.29, 0.717) is 13.2 Å². The van der Waals surface area contributed by atoms with Crippen molar-refractivity contribution in [1.82, 2.24) is 0 Å². The molecule has 0 aliphatic heterocycles. The molecule has 0 atom stereocenters. The average Bonchev–Trinajstić information content (AvgIpc) is 3.05. The van der Waals surface area contributed by atoms with Gasteiger partial charge in [0.1, 0.15) is 18.1 Å². The molecule has 232 valence electrons. The van der Waals surface area contributed by atoms with E-state index in [0.717, 1.165) is 11.5 Å². The van der Waals surface area contributed by atoms with Gasteiger partial charge < -0.3 is 13.6 Å². The fourth-order valence-electron chi connectivity index (χ4n) is 6.55. The summed E-state index contributed by atoms with van der Waals surface area (Å²) in [6.45, 7) is 14.7. The minimum absolute atomic E-state index is 0.0738. The van der Waals surface area contributed by atoms with Crippen LogP contribution in [0.15, 0.2) is 146 Å². The highest BCUT2D eigenvalue weighted by Crippen LogP contribution is 2.38. The monoisotopic (exact) mass is 630 g/mol. The van der Waals surface area contributed by atoms with Crippen molar-refractivity contribution in [3.05, 3.63) is 146 Å². The van der Waals surface area contributed by atoms with Crippen molar-refractivity contribution < 1.29 is 13.6 Å². The van der Waals surface area contributed by atoms with Gasteiger partial charge in [0, 0.05) is 0 Å². The molecule has 0 bridgehead atoms. The zero-order valence-corrected chi connectivity index (χ0v) is 29.5. The van der Waals surface area contributed by atoms with Gasteiger partial charge in [0.2, 0.25) is 0 Å². The SMILES string of the molecule is CC(C)(C)[Si](OCCOc1ccc(O[Si](c2ccccc2)(c2ccccc2)C(C)(C)C)cc1)(c1ccccc1)c1ccccc1. The van der Waals surface area contributed by atoms with Gasteiger partial charge in [-0.05, 0) is 55.1 Å². The molecule has 0 aromatic heterocycles. The zero-order chi connectivity index (χ0) is 32.0. The molecule has 45 heavy (non-hydrogen) atoms. The molecule has 0 heterocycles. The van der Waals surface area contributed by atoms with E-state index in [4.69, 9.17) is 13.6 Å². The predicted octanol–water partition coefficient (Wildman–Crippen LogP) is 7.58. The van der Waals surface area contributed by atoms with Crippen molar-refractivity contribution in [3.8, 4) is 11.5 Å². The summed E-state index contributed by atoms with van der Waals surface area (Å²) < 4.78 is 20.4. The Morgan fingerprint density at radius 2 is 0.733 bits per heavy atom. The van der Waals surface area contributed by atoms with E-state index in [1.54, 1.807) is 0 Å². The Labute approximate surface area is 272 Å².